The van der Waals surface area contributed by atoms with E-state index in [9.17, 15) is 9.59 Å². The summed E-state index contributed by atoms with van der Waals surface area (Å²) >= 11 is 0. The standard InChI is InChI=1S/C15H16N2O3/c1-9-4-10(2)6-12(5-9)17-11(3)7-14(18)13(16-17)8-15(19)20/h4-7H,8H2,1-3H3,(H,19,20). The summed E-state index contributed by atoms with van der Waals surface area (Å²) in [4.78, 5) is 22.5. The lowest BCUT2D eigenvalue weighted by Crippen LogP contribution is -2.21. The molecule has 1 aromatic carbocycles. The van der Waals surface area contributed by atoms with E-state index in [4.69, 9.17) is 5.11 Å². The van der Waals surface area contributed by atoms with Gasteiger partial charge in [0.2, 0.25) is 5.43 Å². The summed E-state index contributed by atoms with van der Waals surface area (Å²) in [5, 5.41) is 13.0. The van der Waals surface area contributed by atoms with E-state index in [1.165, 1.54) is 6.07 Å². The van der Waals surface area contributed by atoms with Gasteiger partial charge in [0.25, 0.3) is 0 Å². The molecule has 5 heteroatoms. The minimum Gasteiger partial charge on any atom is -0.481 e. The van der Waals surface area contributed by atoms with Crippen LogP contribution in [0.5, 0.6) is 0 Å². The summed E-state index contributed by atoms with van der Waals surface area (Å²) in [5.41, 5.74) is 3.37. The van der Waals surface area contributed by atoms with Gasteiger partial charge in [-0.2, -0.15) is 5.10 Å². The summed E-state index contributed by atoms with van der Waals surface area (Å²) in [6, 6.07) is 7.35. The molecule has 2 rings (SSSR count). The van der Waals surface area contributed by atoms with Crippen LogP contribution in [0.3, 0.4) is 0 Å². The number of carbonyl (C=O) groups is 1. The van der Waals surface area contributed by atoms with Crippen molar-refractivity contribution in [1.82, 2.24) is 9.78 Å². The maximum Gasteiger partial charge on any atom is 0.309 e. The maximum absolute atomic E-state index is 11.8. The number of nitrogens with zero attached hydrogens (tertiary/aromatic N) is 2. The molecule has 1 N–H and O–H groups in total. The van der Waals surface area contributed by atoms with Crippen molar-refractivity contribution < 1.29 is 9.90 Å². The molecule has 0 saturated heterocycles. The third-order valence-electron chi connectivity index (χ3n) is 2.95. The van der Waals surface area contributed by atoms with Crippen molar-refractivity contribution in [2.24, 2.45) is 0 Å². The molecule has 0 aliphatic carbocycles. The van der Waals surface area contributed by atoms with Crippen LogP contribution < -0.4 is 5.43 Å². The molecule has 0 amide bonds. The molecule has 20 heavy (non-hydrogen) atoms. The largest absolute Gasteiger partial charge is 0.481 e. The summed E-state index contributed by atoms with van der Waals surface area (Å²) in [6.07, 6.45) is -0.371. The lowest BCUT2D eigenvalue weighted by Gasteiger charge is -2.12. The Hall–Kier alpha value is -2.43. The van der Waals surface area contributed by atoms with Crippen LogP contribution in [-0.2, 0) is 11.2 Å². The van der Waals surface area contributed by atoms with E-state index in [2.05, 4.69) is 5.10 Å². The van der Waals surface area contributed by atoms with E-state index in [1.807, 2.05) is 32.0 Å². The van der Waals surface area contributed by atoms with Crippen molar-refractivity contribution in [3.8, 4) is 5.69 Å². The number of benzene rings is 1. The zero-order valence-corrected chi connectivity index (χ0v) is 11.7. The Morgan fingerprint density at radius 1 is 1.15 bits per heavy atom. The first kappa shape index (κ1) is 14.0. The van der Waals surface area contributed by atoms with E-state index in [0.29, 0.717) is 5.69 Å². The van der Waals surface area contributed by atoms with Crippen LogP contribution in [-0.4, -0.2) is 20.9 Å². The van der Waals surface area contributed by atoms with Crippen LogP contribution in [0.4, 0.5) is 0 Å². The van der Waals surface area contributed by atoms with E-state index >= 15 is 0 Å². The van der Waals surface area contributed by atoms with Gasteiger partial charge in [0, 0.05) is 11.8 Å². The molecule has 0 aliphatic rings. The smallest absolute Gasteiger partial charge is 0.309 e. The highest BCUT2D eigenvalue weighted by atomic mass is 16.4. The molecule has 0 atom stereocenters. The third-order valence-corrected chi connectivity index (χ3v) is 2.95. The van der Waals surface area contributed by atoms with Crippen molar-refractivity contribution in [2.75, 3.05) is 0 Å². The summed E-state index contributed by atoms with van der Waals surface area (Å²) in [5.74, 6) is -1.06. The predicted molar refractivity (Wildman–Crippen MR) is 75.4 cm³/mol. The van der Waals surface area contributed by atoms with Gasteiger partial charge in [-0.05, 0) is 44.0 Å². The molecule has 0 bridgehead atoms. The topological polar surface area (TPSA) is 72.2 Å². The number of aromatic nitrogens is 2. The Balaban J connectivity index is 2.61. The van der Waals surface area contributed by atoms with E-state index < -0.39 is 5.97 Å². The molecule has 0 fully saturated rings. The second-order valence-corrected chi connectivity index (χ2v) is 4.92. The van der Waals surface area contributed by atoms with Crippen LogP contribution in [0, 0.1) is 20.8 Å². The maximum atomic E-state index is 11.8. The molecule has 2 aromatic rings. The first-order valence-electron chi connectivity index (χ1n) is 6.27. The minimum atomic E-state index is -1.06. The Morgan fingerprint density at radius 3 is 2.30 bits per heavy atom. The zero-order chi connectivity index (χ0) is 14.9. The number of aliphatic carboxylic acids is 1. The van der Waals surface area contributed by atoms with Crippen LogP contribution in [0.25, 0.3) is 5.69 Å². The SMILES string of the molecule is Cc1cc(C)cc(-n2nc(CC(=O)O)c(=O)cc2C)c1. The Bertz CT molecular complexity index is 712. The lowest BCUT2D eigenvalue weighted by molar-refractivity contribution is -0.136. The summed E-state index contributed by atoms with van der Waals surface area (Å²) in [6.45, 7) is 5.73. The van der Waals surface area contributed by atoms with Gasteiger partial charge in [-0.3, -0.25) is 9.59 Å². The highest BCUT2D eigenvalue weighted by molar-refractivity contribution is 5.69. The van der Waals surface area contributed by atoms with Gasteiger partial charge in [0.15, 0.2) is 0 Å². The fourth-order valence-corrected chi connectivity index (χ4v) is 2.18. The first-order valence-corrected chi connectivity index (χ1v) is 6.27. The van der Waals surface area contributed by atoms with Crippen LogP contribution in [0.2, 0.25) is 0 Å². The molecule has 104 valence electrons. The van der Waals surface area contributed by atoms with E-state index in [0.717, 1.165) is 16.8 Å². The highest BCUT2D eigenvalue weighted by Crippen LogP contribution is 2.14. The molecule has 1 heterocycles. The number of rotatable bonds is 3. The number of carboxylic acid groups (broad SMARTS) is 1. The molecule has 0 radical (unpaired) electrons. The lowest BCUT2D eigenvalue weighted by atomic mass is 10.1. The van der Waals surface area contributed by atoms with Gasteiger partial charge in [0.1, 0.15) is 5.69 Å². The van der Waals surface area contributed by atoms with Gasteiger partial charge < -0.3 is 5.11 Å². The number of hydrogen-bond acceptors (Lipinski definition) is 3. The molecule has 5 nitrogen and oxygen atoms in total. The fraction of sp³-hybridized carbons (Fsp3) is 0.267. The Morgan fingerprint density at radius 2 is 1.75 bits per heavy atom. The van der Waals surface area contributed by atoms with Crippen molar-refractivity contribution in [3.63, 3.8) is 0 Å². The van der Waals surface area contributed by atoms with Gasteiger partial charge in [0.05, 0.1) is 12.1 Å². The normalized spacial score (nSPS) is 10.6. The number of hydrogen-bond donors (Lipinski definition) is 1. The average Bonchev–Trinajstić information content (AvgIpc) is 2.30. The molecule has 0 unspecified atom stereocenters. The second kappa shape index (κ2) is 5.28. The summed E-state index contributed by atoms with van der Waals surface area (Å²) in [7, 11) is 0. The van der Waals surface area contributed by atoms with Gasteiger partial charge in [-0.15, -0.1) is 0 Å². The predicted octanol–water partition coefficient (Wildman–Crippen LogP) is 1.78. The molecule has 0 aliphatic heterocycles. The number of carboxylic acids is 1. The van der Waals surface area contributed by atoms with Crippen molar-refractivity contribution in [3.05, 3.63) is 57.0 Å². The van der Waals surface area contributed by atoms with Gasteiger partial charge >= 0.3 is 5.97 Å². The van der Waals surface area contributed by atoms with Gasteiger partial charge in [-0.1, -0.05) is 6.07 Å². The van der Waals surface area contributed by atoms with Crippen LogP contribution >= 0.6 is 0 Å². The second-order valence-electron chi connectivity index (χ2n) is 4.92. The first-order chi connectivity index (χ1) is 9.36. The highest BCUT2D eigenvalue weighted by Gasteiger charge is 2.11. The molecular formula is C15H16N2O3. The van der Waals surface area contributed by atoms with E-state index in [1.54, 1.807) is 11.6 Å². The monoisotopic (exact) mass is 272 g/mol. The quantitative estimate of drug-likeness (QED) is 0.924. The van der Waals surface area contributed by atoms with Crippen molar-refractivity contribution >= 4 is 5.97 Å². The summed E-state index contributed by atoms with van der Waals surface area (Å²) < 4.78 is 1.61. The molecule has 0 saturated carbocycles. The van der Waals surface area contributed by atoms with Crippen molar-refractivity contribution in [1.29, 1.82) is 0 Å². The average molecular weight is 272 g/mol. The molecule has 1 aromatic heterocycles. The van der Waals surface area contributed by atoms with Gasteiger partial charge in [-0.25, -0.2) is 4.68 Å². The fourth-order valence-electron chi connectivity index (χ4n) is 2.18. The van der Waals surface area contributed by atoms with Crippen LogP contribution in [0.15, 0.2) is 29.1 Å². The van der Waals surface area contributed by atoms with E-state index in [-0.39, 0.29) is 17.5 Å². The third kappa shape index (κ3) is 2.93. The molecular weight excluding hydrogens is 256 g/mol. The number of aryl methyl sites for hydroxylation is 3. The Kier molecular flexibility index (Phi) is 3.70. The zero-order valence-electron chi connectivity index (χ0n) is 11.7. The van der Waals surface area contributed by atoms with Crippen LogP contribution in [0.1, 0.15) is 22.5 Å². The molecule has 0 spiro atoms. The minimum absolute atomic E-state index is 0.0438. The van der Waals surface area contributed by atoms with Crippen molar-refractivity contribution in [2.45, 2.75) is 27.2 Å². The Labute approximate surface area is 116 Å².